The third kappa shape index (κ3) is 5.44. The molecular formula is C18H31LiN4O8. The molecule has 13 heteroatoms. The molecule has 12 nitrogen and oxygen atoms in total. The van der Waals surface area contributed by atoms with Crippen LogP contribution >= 0.6 is 0 Å². The van der Waals surface area contributed by atoms with Crippen molar-refractivity contribution in [2.75, 3.05) is 33.8 Å². The van der Waals surface area contributed by atoms with Gasteiger partial charge in [-0.2, -0.15) is 0 Å². The van der Waals surface area contributed by atoms with Crippen molar-refractivity contribution in [2.45, 2.75) is 56.8 Å². The van der Waals surface area contributed by atoms with Crippen LogP contribution in [0, 0.1) is 0 Å². The third-order valence-corrected chi connectivity index (χ3v) is 6.15. The monoisotopic (exact) mass is 438 g/mol. The second-order valence-corrected chi connectivity index (χ2v) is 7.68. The molecule has 0 spiro atoms. The van der Waals surface area contributed by atoms with Crippen LogP contribution in [0.25, 0.3) is 0 Å². The molecule has 4 bridgehead atoms. The first kappa shape index (κ1) is 29.0. The van der Waals surface area contributed by atoms with Gasteiger partial charge in [-0.15, -0.1) is 0 Å². The van der Waals surface area contributed by atoms with E-state index in [1.165, 1.54) is 4.90 Å². The maximum absolute atomic E-state index is 11.7. The van der Waals surface area contributed by atoms with E-state index in [1.54, 1.807) is 35.7 Å². The Morgan fingerprint density at radius 2 is 1.35 bits per heavy atom. The van der Waals surface area contributed by atoms with Crippen molar-refractivity contribution < 1.29 is 58.8 Å². The standard InChI is InChI=1S/C10H16N2O3.C8H12N2O3.Li.2H2O/c1-3-15-9(13)8-5-4-7-6-12(8)10(14)11(7)2;1-9-5-2-3-6(7(11)12)10(4-5)8(9)13;;;/h7-8H,3-6H2,1-2H3;5-6H,2-4H2,1H3,(H,11,12);;2*1H2/q;;+1;;/p-1/t7-,8+;5-,6+;;;/m11.../s1. The molecule has 0 saturated carbocycles. The molecule has 31 heavy (non-hydrogen) atoms. The first-order valence-electron chi connectivity index (χ1n) is 9.72. The van der Waals surface area contributed by atoms with Crippen LogP contribution in [0.1, 0.15) is 32.6 Å². The van der Waals surface area contributed by atoms with Gasteiger partial charge >= 0.3 is 42.9 Å². The molecule has 4 rings (SSSR count). The summed E-state index contributed by atoms with van der Waals surface area (Å²) in [6, 6.07) is -0.649. The SMILES string of the molecule is CCOC(=O)[C@@H]1CC[C@@H]2CN1C(=O)N2C.CN1C(=O)N2C[C@H]1CC[C@H]2C(=O)O.O.[Li+].[OH-]. The summed E-state index contributed by atoms with van der Waals surface area (Å²) in [6.07, 6.45) is 2.99. The summed E-state index contributed by atoms with van der Waals surface area (Å²) in [5.41, 5.74) is 0. The van der Waals surface area contributed by atoms with Crippen molar-refractivity contribution in [3.8, 4) is 0 Å². The maximum atomic E-state index is 11.7. The van der Waals surface area contributed by atoms with E-state index in [-0.39, 0.29) is 66.0 Å². The Balaban J connectivity index is 0.000000533. The second-order valence-electron chi connectivity index (χ2n) is 7.68. The number of carboxylic acids is 1. The molecular weight excluding hydrogens is 407 g/mol. The number of carbonyl (C=O) groups excluding carboxylic acids is 3. The summed E-state index contributed by atoms with van der Waals surface area (Å²) in [5, 5.41) is 8.85. The summed E-state index contributed by atoms with van der Waals surface area (Å²) < 4.78 is 4.96. The summed E-state index contributed by atoms with van der Waals surface area (Å²) in [4.78, 5) is 52.1. The smallest absolute Gasteiger partial charge is 0.870 e. The molecule has 0 aromatic carbocycles. The predicted octanol–water partition coefficient (Wildman–Crippen LogP) is -3.58. The molecule has 4 amide bonds. The zero-order valence-electron chi connectivity index (χ0n) is 18.5. The van der Waals surface area contributed by atoms with Crippen molar-refractivity contribution in [2.24, 2.45) is 0 Å². The van der Waals surface area contributed by atoms with E-state index in [9.17, 15) is 19.2 Å². The third-order valence-electron chi connectivity index (χ3n) is 6.15. The number of hydrogen-bond donors (Lipinski definition) is 1. The van der Waals surface area contributed by atoms with Gasteiger partial charge in [0.25, 0.3) is 0 Å². The van der Waals surface area contributed by atoms with Crippen molar-refractivity contribution in [1.29, 1.82) is 0 Å². The minimum Gasteiger partial charge on any atom is -0.870 e. The van der Waals surface area contributed by atoms with E-state index in [0.29, 0.717) is 26.1 Å². The van der Waals surface area contributed by atoms with Crippen molar-refractivity contribution in [3.63, 3.8) is 0 Å². The quantitative estimate of drug-likeness (QED) is 0.350. The number of nitrogens with zero attached hydrogens (tertiary/aromatic N) is 4. The maximum Gasteiger partial charge on any atom is 1.00 e. The molecule has 4 N–H and O–H groups in total. The molecule has 172 valence electrons. The van der Waals surface area contributed by atoms with E-state index >= 15 is 0 Å². The number of carboxylic acid groups (broad SMARTS) is 1. The molecule has 4 heterocycles. The molecule has 0 aliphatic carbocycles. The van der Waals surface area contributed by atoms with Crippen LogP contribution in [-0.2, 0) is 14.3 Å². The van der Waals surface area contributed by atoms with Gasteiger partial charge in [0, 0.05) is 27.2 Å². The number of likely N-dealkylation sites (N-methyl/N-ethyl adjacent to an activating group) is 2. The average molecular weight is 438 g/mol. The molecule has 4 fully saturated rings. The molecule has 0 aromatic rings. The normalized spacial score (nSPS) is 28.0. The second kappa shape index (κ2) is 11.6. The number of piperidine rings is 2. The number of amides is 4. The largest absolute Gasteiger partial charge is 1.00 e. The Morgan fingerprint density at radius 1 is 0.935 bits per heavy atom. The Bertz CT molecular complexity index is 681. The van der Waals surface area contributed by atoms with Crippen LogP contribution in [-0.4, -0.2) is 118 Å². The van der Waals surface area contributed by atoms with Gasteiger partial charge in [0.1, 0.15) is 12.1 Å². The number of hydrogen-bond acceptors (Lipinski definition) is 6. The van der Waals surface area contributed by atoms with Gasteiger partial charge in [-0.05, 0) is 32.6 Å². The number of carbonyl (C=O) groups is 4. The topological polar surface area (TPSA) is 172 Å². The van der Waals surface area contributed by atoms with Gasteiger partial charge in [-0.1, -0.05) is 0 Å². The average Bonchev–Trinajstić information content (AvgIpc) is 3.03. The van der Waals surface area contributed by atoms with Gasteiger partial charge < -0.3 is 40.4 Å². The van der Waals surface area contributed by atoms with E-state index in [1.807, 2.05) is 0 Å². The van der Waals surface area contributed by atoms with Crippen LogP contribution < -0.4 is 18.9 Å². The predicted molar refractivity (Wildman–Crippen MR) is 103 cm³/mol. The minimum atomic E-state index is -0.887. The summed E-state index contributed by atoms with van der Waals surface area (Å²) in [6.45, 7) is 3.39. The number of aliphatic carboxylic acids is 1. The molecule has 0 unspecified atom stereocenters. The molecule has 4 saturated heterocycles. The Labute approximate surface area is 193 Å². The van der Waals surface area contributed by atoms with Gasteiger partial charge in [-0.3, -0.25) is 0 Å². The van der Waals surface area contributed by atoms with E-state index < -0.39 is 12.0 Å². The Hall–Kier alpha value is -2.00. The molecule has 4 atom stereocenters. The first-order chi connectivity index (χ1) is 13.3. The van der Waals surface area contributed by atoms with Crippen LogP contribution in [0.4, 0.5) is 9.59 Å². The number of esters is 1. The van der Waals surface area contributed by atoms with Crippen LogP contribution in [0.15, 0.2) is 0 Å². The number of fused-ring (bicyclic) bond motifs is 4. The number of urea groups is 2. The van der Waals surface area contributed by atoms with Gasteiger partial charge in [0.2, 0.25) is 0 Å². The van der Waals surface area contributed by atoms with Gasteiger partial charge in [0.15, 0.2) is 0 Å². The Morgan fingerprint density at radius 3 is 1.77 bits per heavy atom. The minimum absolute atomic E-state index is 0. The summed E-state index contributed by atoms with van der Waals surface area (Å²) in [5.74, 6) is -1.15. The zero-order chi connectivity index (χ0) is 20.6. The fraction of sp³-hybridized carbons (Fsp3) is 0.778. The van der Waals surface area contributed by atoms with E-state index in [0.717, 1.165) is 19.3 Å². The fourth-order valence-corrected chi connectivity index (χ4v) is 4.42. The van der Waals surface area contributed by atoms with Crippen molar-refractivity contribution >= 4 is 24.0 Å². The fourth-order valence-electron chi connectivity index (χ4n) is 4.42. The number of rotatable bonds is 3. The first-order valence-corrected chi connectivity index (χ1v) is 9.72. The molecule has 4 aliphatic heterocycles. The number of ether oxygens (including phenoxy) is 1. The molecule has 0 aromatic heterocycles. The summed E-state index contributed by atoms with van der Waals surface area (Å²) in [7, 11) is 3.53. The van der Waals surface area contributed by atoms with Gasteiger partial charge in [0.05, 0.1) is 18.7 Å². The van der Waals surface area contributed by atoms with Crippen LogP contribution in [0.5, 0.6) is 0 Å². The summed E-state index contributed by atoms with van der Waals surface area (Å²) >= 11 is 0. The molecule has 4 aliphatic rings. The van der Waals surface area contributed by atoms with Crippen LogP contribution in [0.2, 0.25) is 0 Å². The van der Waals surface area contributed by atoms with Gasteiger partial charge in [-0.25, -0.2) is 19.2 Å². The van der Waals surface area contributed by atoms with Crippen molar-refractivity contribution in [3.05, 3.63) is 0 Å². The van der Waals surface area contributed by atoms with E-state index in [4.69, 9.17) is 9.84 Å². The van der Waals surface area contributed by atoms with E-state index in [2.05, 4.69) is 0 Å². The zero-order valence-corrected chi connectivity index (χ0v) is 18.5. The van der Waals surface area contributed by atoms with Crippen LogP contribution in [0.3, 0.4) is 0 Å². The Kier molecular flexibility index (Phi) is 10.8. The molecule has 0 radical (unpaired) electrons. The van der Waals surface area contributed by atoms with Crippen molar-refractivity contribution in [1.82, 2.24) is 19.6 Å².